The number of nitrogens with one attached hydrogen (secondary N) is 2. The van der Waals surface area contributed by atoms with E-state index >= 15 is 0 Å². The molecule has 0 saturated carbocycles. The van der Waals surface area contributed by atoms with Crippen LogP contribution < -0.4 is 20.1 Å². The molecule has 0 spiro atoms. The highest BCUT2D eigenvalue weighted by Crippen LogP contribution is 2.38. The van der Waals surface area contributed by atoms with E-state index in [0.29, 0.717) is 40.7 Å². The number of hydrogen-bond acceptors (Lipinski definition) is 4. The number of hydrogen-bond donors (Lipinski definition) is 2. The van der Waals surface area contributed by atoms with Gasteiger partial charge in [-0.25, -0.2) is 9.18 Å². The molecule has 7 nitrogen and oxygen atoms in total. The van der Waals surface area contributed by atoms with Crippen LogP contribution in [0.4, 0.5) is 14.9 Å². The standard InChI is InChI=1S/C26H25ClFN3O4/c1-34-23-12-17-10-11-31(26(33)30-20-5-3-4-19(28)13-20)22(21(17)14-24(23)35-2)15-29-25(32)16-6-8-18(27)9-7-16/h3-9,12-14,22H,10-11,15H2,1-2H3,(H,29,32)(H,30,33). The zero-order chi connectivity index (χ0) is 24.9. The summed E-state index contributed by atoms with van der Waals surface area (Å²) in [5.41, 5.74) is 2.62. The summed E-state index contributed by atoms with van der Waals surface area (Å²) in [6.45, 7) is 0.547. The number of anilines is 1. The van der Waals surface area contributed by atoms with Crippen LogP contribution in [0.2, 0.25) is 5.02 Å². The van der Waals surface area contributed by atoms with Gasteiger partial charge in [-0.05, 0) is 72.1 Å². The number of amides is 3. The van der Waals surface area contributed by atoms with E-state index in [9.17, 15) is 14.0 Å². The zero-order valence-corrected chi connectivity index (χ0v) is 20.1. The van der Waals surface area contributed by atoms with Crippen LogP contribution in [0.25, 0.3) is 0 Å². The van der Waals surface area contributed by atoms with Crippen molar-refractivity contribution in [2.75, 3.05) is 32.6 Å². The first-order valence-electron chi connectivity index (χ1n) is 11.0. The Labute approximate surface area is 207 Å². The van der Waals surface area contributed by atoms with Crippen molar-refractivity contribution in [3.05, 3.63) is 88.2 Å². The van der Waals surface area contributed by atoms with Gasteiger partial charge in [-0.1, -0.05) is 17.7 Å². The van der Waals surface area contributed by atoms with E-state index < -0.39 is 17.9 Å². The average molecular weight is 498 g/mol. The van der Waals surface area contributed by atoms with Crippen molar-refractivity contribution >= 4 is 29.2 Å². The van der Waals surface area contributed by atoms with Crippen LogP contribution in [0, 0.1) is 5.82 Å². The molecule has 3 aromatic rings. The number of carbonyl (C=O) groups is 2. The number of rotatable bonds is 6. The average Bonchev–Trinajstić information content (AvgIpc) is 2.86. The number of methoxy groups -OCH3 is 2. The largest absolute Gasteiger partial charge is 0.493 e. The van der Waals surface area contributed by atoms with E-state index in [4.69, 9.17) is 21.1 Å². The van der Waals surface area contributed by atoms with Gasteiger partial charge in [0.05, 0.1) is 20.3 Å². The Morgan fingerprint density at radius 2 is 1.77 bits per heavy atom. The molecule has 1 heterocycles. The Balaban J connectivity index is 1.62. The quantitative estimate of drug-likeness (QED) is 0.499. The van der Waals surface area contributed by atoms with Gasteiger partial charge in [0.15, 0.2) is 11.5 Å². The summed E-state index contributed by atoms with van der Waals surface area (Å²) in [6, 6.07) is 15.1. The smallest absolute Gasteiger partial charge is 0.322 e. The molecule has 4 rings (SSSR count). The van der Waals surface area contributed by atoms with Crippen LogP contribution in [0.3, 0.4) is 0 Å². The van der Waals surface area contributed by atoms with Crippen molar-refractivity contribution in [1.82, 2.24) is 10.2 Å². The first-order valence-corrected chi connectivity index (χ1v) is 11.4. The fourth-order valence-electron chi connectivity index (χ4n) is 4.15. The van der Waals surface area contributed by atoms with Gasteiger partial charge in [-0.2, -0.15) is 0 Å². The number of fused-ring (bicyclic) bond motifs is 1. The minimum absolute atomic E-state index is 0.153. The Bertz CT molecular complexity index is 1240. The molecular formula is C26H25ClFN3O4. The summed E-state index contributed by atoms with van der Waals surface area (Å²) >= 11 is 5.93. The van der Waals surface area contributed by atoms with E-state index in [1.54, 1.807) is 49.5 Å². The molecule has 1 unspecified atom stereocenters. The van der Waals surface area contributed by atoms with E-state index in [-0.39, 0.29) is 12.5 Å². The minimum atomic E-state index is -0.497. The highest BCUT2D eigenvalue weighted by Gasteiger charge is 2.32. The van der Waals surface area contributed by atoms with E-state index in [0.717, 1.165) is 11.1 Å². The third-order valence-corrected chi connectivity index (χ3v) is 6.15. The van der Waals surface area contributed by atoms with Crippen molar-refractivity contribution in [3.8, 4) is 11.5 Å². The van der Waals surface area contributed by atoms with Crippen molar-refractivity contribution in [3.63, 3.8) is 0 Å². The number of urea groups is 1. The van der Waals surface area contributed by atoms with E-state index in [2.05, 4.69) is 10.6 Å². The van der Waals surface area contributed by atoms with Crippen LogP contribution in [-0.4, -0.2) is 44.1 Å². The molecule has 3 amide bonds. The second-order valence-electron chi connectivity index (χ2n) is 8.02. The summed E-state index contributed by atoms with van der Waals surface area (Å²) in [7, 11) is 3.11. The molecular weight excluding hydrogens is 473 g/mol. The molecule has 35 heavy (non-hydrogen) atoms. The highest BCUT2D eigenvalue weighted by atomic mass is 35.5. The highest BCUT2D eigenvalue weighted by molar-refractivity contribution is 6.30. The first-order chi connectivity index (χ1) is 16.9. The minimum Gasteiger partial charge on any atom is -0.493 e. The maximum absolute atomic E-state index is 13.6. The van der Waals surface area contributed by atoms with Gasteiger partial charge >= 0.3 is 6.03 Å². The van der Waals surface area contributed by atoms with E-state index in [1.807, 2.05) is 12.1 Å². The molecule has 0 fully saturated rings. The van der Waals surface area contributed by atoms with Crippen LogP contribution in [-0.2, 0) is 6.42 Å². The first kappa shape index (κ1) is 24.3. The molecule has 1 atom stereocenters. The maximum atomic E-state index is 13.6. The molecule has 0 radical (unpaired) electrons. The van der Waals surface area contributed by atoms with Crippen LogP contribution >= 0.6 is 11.6 Å². The number of benzene rings is 3. The lowest BCUT2D eigenvalue weighted by Gasteiger charge is -2.38. The Morgan fingerprint density at radius 3 is 2.46 bits per heavy atom. The number of ether oxygens (including phenoxy) is 2. The van der Waals surface area contributed by atoms with Gasteiger partial charge in [0.2, 0.25) is 0 Å². The number of halogens is 2. The Hall–Kier alpha value is -3.78. The molecule has 1 aliphatic rings. The molecule has 0 saturated heterocycles. The molecule has 3 aromatic carbocycles. The number of carbonyl (C=O) groups excluding carboxylic acids is 2. The summed E-state index contributed by atoms with van der Waals surface area (Å²) in [5, 5.41) is 6.20. The fraction of sp³-hybridized carbons (Fsp3) is 0.231. The molecule has 182 valence electrons. The fourth-order valence-corrected chi connectivity index (χ4v) is 4.27. The van der Waals surface area contributed by atoms with Crippen molar-refractivity contribution < 1.29 is 23.5 Å². The third kappa shape index (κ3) is 5.49. The molecule has 2 N–H and O–H groups in total. The third-order valence-electron chi connectivity index (χ3n) is 5.90. The topological polar surface area (TPSA) is 79.9 Å². The predicted octanol–water partition coefficient (Wildman–Crippen LogP) is 5.06. The Morgan fingerprint density at radius 1 is 1.06 bits per heavy atom. The van der Waals surface area contributed by atoms with Gasteiger partial charge in [-0.15, -0.1) is 0 Å². The second-order valence-corrected chi connectivity index (χ2v) is 8.46. The van der Waals surface area contributed by atoms with Gasteiger partial charge < -0.3 is 25.0 Å². The lowest BCUT2D eigenvalue weighted by atomic mass is 9.91. The number of nitrogens with zero attached hydrogens (tertiary/aromatic N) is 1. The molecule has 1 aliphatic heterocycles. The van der Waals surface area contributed by atoms with Crippen molar-refractivity contribution in [2.45, 2.75) is 12.5 Å². The van der Waals surface area contributed by atoms with Crippen LogP contribution in [0.5, 0.6) is 11.5 Å². The normalized spacial score (nSPS) is 14.6. The summed E-state index contributed by atoms with van der Waals surface area (Å²) in [5.74, 6) is 0.371. The predicted molar refractivity (Wildman–Crippen MR) is 132 cm³/mol. The Kier molecular flexibility index (Phi) is 7.41. The molecule has 0 aliphatic carbocycles. The second kappa shape index (κ2) is 10.7. The van der Waals surface area contributed by atoms with Gasteiger partial charge in [0, 0.05) is 29.4 Å². The molecule has 9 heteroatoms. The zero-order valence-electron chi connectivity index (χ0n) is 19.3. The van der Waals surface area contributed by atoms with Gasteiger partial charge in [-0.3, -0.25) is 4.79 Å². The monoisotopic (exact) mass is 497 g/mol. The lowest BCUT2D eigenvalue weighted by molar-refractivity contribution is 0.0936. The van der Waals surface area contributed by atoms with Crippen molar-refractivity contribution in [1.29, 1.82) is 0 Å². The summed E-state index contributed by atoms with van der Waals surface area (Å²) < 4.78 is 24.5. The maximum Gasteiger partial charge on any atom is 0.322 e. The molecule has 0 aromatic heterocycles. The lowest BCUT2D eigenvalue weighted by Crippen LogP contribution is -2.46. The van der Waals surface area contributed by atoms with Crippen LogP contribution in [0.1, 0.15) is 27.5 Å². The van der Waals surface area contributed by atoms with Crippen LogP contribution in [0.15, 0.2) is 60.7 Å². The summed E-state index contributed by atoms with van der Waals surface area (Å²) in [4.78, 5) is 27.6. The van der Waals surface area contributed by atoms with E-state index in [1.165, 1.54) is 18.2 Å². The van der Waals surface area contributed by atoms with Gasteiger partial charge in [0.1, 0.15) is 5.82 Å². The SMILES string of the molecule is COc1cc2c(cc1OC)C(CNC(=O)c1ccc(Cl)cc1)N(C(=O)Nc1cccc(F)c1)CC2. The summed E-state index contributed by atoms with van der Waals surface area (Å²) in [6.07, 6.45) is 0.577. The molecule has 0 bridgehead atoms. The van der Waals surface area contributed by atoms with Gasteiger partial charge in [0.25, 0.3) is 5.91 Å². The van der Waals surface area contributed by atoms with Crippen molar-refractivity contribution in [2.24, 2.45) is 0 Å².